The quantitative estimate of drug-likeness (QED) is 0.402. The minimum atomic E-state index is 0.318. The zero-order valence-electron chi connectivity index (χ0n) is 16.8. The molecule has 0 aliphatic carbocycles. The van der Waals surface area contributed by atoms with Gasteiger partial charge in [0.2, 0.25) is 6.79 Å². The number of aliphatic imine (C=N–C) groups is 1. The molecule has 26 heavy (non-hydrogen) atoms. The first-order valence-corrected chi connectivity index (χ1v) is 9.60. The van der Waals surface area contributed by atoms with E-state index in [1.165, 1.54) is 5.56 Å². The molecule has 146 valence electrons. The van der Waals surface area contributed by atoms with E-state index in [0.717, 1.165) is 49.9 Å². The van der Waals surface area contributed by atoms with Gasteiger partial charge in [0.15, 0.2) is 17.5 Å². The van der Waals surface area contributed by atoms with Crippen LogP contribution in [0.2, 0.25) is 0 Å². The van der Waals surface area contributed by atoms with Gasteiger partial charge in [0.25, 0.3) is 0 Å². The molecule has 2 rings (SSSR count). The maximum Gasteiger partial charge on any atom is 0.231 e. The first-order valence-electron chi connectivity index (χ1n) is 9.60. The van der Waals surface area contributed by atoms with Crippen LogP contribution in [0.25, 0.3) is 0 Å². The topological polar surface area (TPSA) is 58.1 Å². The molecule has 0 amide bonds. The molecule has 2 N–H and O–H groups in total. The highest BCUT2D eigenvalue weighted by Crippen LogP contribution is 2.32. The SMILES string of the molecule is CN=C(NCCCN(C(C)C)C(C)C)NCCc1ccc2c(c1)OCO2. The smallest absolute Gasteiger partial charge is 0.231 e. The van der Waals surface area contributed by atoms with E-state index in [9.17, 15) is 0 Å². The van der Waals surface area contributed by atoms with Crippen LogP contribution in [0.5, 0.6) is 11.5 Å². The monoisotopic (exact) mass is 362 g/mol. The fourth-order valence-corrected chi connectivity index (χ4v) is 3.22. The molecule has 1 aliphatic heterocycles. The standard InChI is InChI=1S/C20H34N4O2/c1-15(2)24(16(3)4)12-6-10-22-20(21-5)23-11-9-17-7-8-18-19(13-17)26-14-25-18/h7-8,13,15-16H,6,9-12,14H2,1-5H3,(H2,21,22,23). The number of hydrogen-bond acceptors (Lipinski definition) is 4. The number of benzene rings is 1. The van der Waals surface area contributed by atoms with Gasteiger partial charge in [0, 0.05) is 38.8 Å². The summed E-state index contributed by atoms with van der Waals surface area (Å²) in [6, 6.07) is 7.26. The number of nitrogens with zero attached hydrogens (tertiary/aromatic N) is 2. The van der Waals surface area contributed by atoms with Crippen molar-refractivity contribution in [2.75, 3.05) is 33.5 Å². The van der Waals surface area contributed by atoms with Crippen molar-refractivity contribution in [3.63, 3.8) is 0 Å². The molecule has 0 spiro atoms. The average molecular weight is 363 g/mol. The van der Waals surface area contributed by atoms with Crippen LogP contribution in [0.1, 0.15) is 39.7 Å². The molecule has 6 nitrogen and oxygen atoms in total. The molecule has 6 heteroatoms. The predicted molar refractivity (Wildman–Crippen MR) is 107 cm³/mol. The van der Waals surface area contributed by atoms with Crippen LogP contribution in [-0.2, 0) is 6.42 Å². The Labute approximate surface area is 158 Å². The summed E-state index contributed by atoms with van der Waals surface area (Å²) in [7, 11) is 1.81. The Hall–Kier alpha value is -1.95. The number of guanidine groups is 1. The molecule has 1 heterocycles. The Balaban J connectivity index is 1.66. The van der Waals surface area contributed by atoms with Gasteiger partial charge < -0.3 is 20.1 Å². The normalized spacial score (nSPS) is 13.8. The molecule has 1 aromatic carbocycles. The van der Waals surface area contributed by atoms with Crippen molar-refractivity contribution in [3.8, 4) is 11.5 Å². The van der Waals surface area contributed by atoms with E-state index in [4.69, 9.17) is 9.47 Å². The Kier molecular flexibility index (Phi) is 8.04. The Morgan fingerprint density at radius 2 is 1.77 bits per heavy atom. The van der Waals surface area contributed by atoms with Gasteiger partial charge in [-0.3, -0.25) is 9.89 Å². The second-order valence-corrected chi connectivity index (χ2v) is 7.14. The number of rotatable bonds is 9. The van der Waals surface area contributed by atoms with Crippen molar-refractivity contribution in [3.05, 3.63) is 23.8 Å². The molecule has 0 unspecified atom stereocenters. The Morgan fingerprint density at radius 1 is 1.08 bits per heavy atom. The third-order valence-corrected chi connectivity index (χ3v) is 4.58. The number of nitrogens with one attached hydrogen (secondary N) is 2. The van der Waals surface area contributed by atoms with Crippen LogP contribution in [0.15, 0.2) is 23.2 Å². The van der Waals surface area contributed by atoms with Crippen molar-refractivity contribution < 1.29 is 9.47 Å². The predicted octanol–water partition coefficient (Wildman–Crippen LogP) is 2.63. The molecular weight excluding hydrogens is 328 g/mol. The molecule has 0 saturated carbocycles. The zero-order chi connectivity index (χ0) is 18.9. The maximum atomic E-state index is 5.42. The molecular formula is C20H34N4O2. The summed E-state index contributed by atoms with van der Waals surface area (Å²) >= 11 is 0. The highest BCUT2D eigenvalue weighted by atomic mass is 16.7. The van der Waals surface area contributed by atoms with E-state index in [1.54, 1.807) is 0 Å². The number of hydrogen-bond donors (Lipinski definition) is 2. The van der Waals surface area contributed by atoms with Gasteiger partial charge in [-0.1, -0.05) is 6.07 Å². The van der Waals surface area contributed by atoms with Gasteiger partial charge in [-0.25, -0.2) is 0 Å². The summed E-state index contributed by atoms with van der Waals surface area (Å²) in [5.41, 5.74) is 1.22. The zero-order valence-corrected chi connectivity index (χ0v) is 16.8. The number of ether oxygens (including phenoxy) is 2. The van der Waals surface area contributed by atoms with Crippen LogP contribution >= 0.6 is 0 Å². The lowest BCUT2D eigenvalue weighted by atomic mass is 10.1. The third-order valence-electron chi connectivity index (χ3n) is 4.58. The molecule has 0 aromatic heterocycles. The number of fused-ring (bicyclic) bond motifs is 1. The van der Waals surface area contributed by atoms with E-state index in [2.05, 4.69) is 54.3 Å². The second kappa shape index (κ2) is 10.3. The summed E-state index contributed by atoms with van der Waals surface area (Å²) in [5, 5.41) is 6.77. The minimum Gasteiger partial charge on any atom is -0.454 e. The average Bonchev–Trinajstić information content (AvgIpc) is 3.07. The lowest BCUT2D eigenvalue weighted by molar-refractivity contribution is 0.173. The fourth-order valence-electron chi connectivity index (χ4n) is 3.22. The van der Waals surface area contributed by atoms with Gasteiger partial charge in [0.05, 0.1) is 0 Å². The van der Waals surface area contributed by atoms with Gasteiger partial charge >= 0.3 is 0 Å². The second-order valence-electron chi connectivity index (χ2n) is 7.14. The van der Waals surface area contributed by atoms with Gasteiger partial charge in [-0.2, -0.15) is 0 Å². The lowest BCUT2D eigenvalue weighted by Gasteiger charge is -2.30. The molecule has 1 aromatic rings. The summed E-state index contributed by atoms with van der Waals surface area (Å²) in [5.74, 6) is 2.52. The fraction of sp³-hybridized carbons (Fsp3) is 0.650. The maximum absolute atomic E-state index is 5.42. The molecule has 0 radical (unpaired) electrons. The van der Waals surface area contributed by atoms with E-state index in [1.807, 2.05) is 19.2 Å². The van der Waals surface area contributed by atoms with Crippen LogP contribution in [0.4, 0.5) is 0 Å². The summed E-state index contributed by atoms with van der Waals surface area (Å²) in [6.45, 7) is 12.2. The van der Waals surface area contributed by atoms with Crippen molar-refractivity contribution in [1.82, 2.24) is 15.5 Å². The summed E-state index contributed by atoms with van der Waals surface area (Å²) in [4.78, 5) is 6.81. The van der Waals surface area contributed by atoms with Crippen molar-refractivity contribution in [2.24, 2.45) is 4.99 Å². The van der Waals surface area contributed by atoms with Gasteiger partial charge in [-0.15, -0.1) is 0 Å². The minimum absolute atomic E-state index is 0.318. The van der Waals surface area contributed by atoms with E-state index < -0.39 is 0 Å². The molecule has 0 fully saturated rings. The lowest BCUT2D eigenvalue weighted by Crippen LogP contribution is -2.41. The molecule has 0 atom stereocenters. The molecule has 0 saturated heterocycles. The van der Waals surface area contributed by atoms with Crippen molar-refractivity contribution in [2.45, 2.75) is 52.6 Å². The highest BCUT2D eigenvalue weighted by molar-refractivity contribution is 5.79. The Morgan fingerprint density at radius 3 is 2.46 bits per heavy atom. The summed E-state index contributed by atoms with van der Waals surface area (Å²) in [6.07, 6.45) is 2.00. The third kappa shape index (κ3) is 6.09. The van der Waals surface area contributed by atoms with Crippen LogP contribution in [0, 0.1) is 0 Å². The van der Waals surface area contributed by atoms with Crippen molar-refractivity contribution >= 4 is 5.96 Å². The van der Waals surface area contributed by atoms with E-state index >= 15 is 0 Å². The van der Waals surface area contributed by atoms with Gasteiger partial charge in [-0.05, 0) is 58.2 Å². The molecule has 0 bridgehead atoms. The first-order chi connectivity index (χ1) is 12.5. The van der Waals surface area contributed by atoms with E-state index in [0.29, 0.717) is 18.9 Å². The Bertz CT molecular complexity index is 579. The van der Waals surface area contributed by atoms with Crippen LogP contribution in [-0.4, -0.2) is 56.4 Å². The van der Waals surface area contributed by atoms with Gasteiger partial charge in [0.1, 0.15) is 0 Å². The first kappa shape index (κ1) is 20.4. The largest absolute Gasteiger partial charge is 0.454 e. The van der Waals surface area contributed by atoms with E-state index in [-0.39, 0.29) is 0 Å². The van der Waals surface area contributed by atoms with Crippen LogP contribution in [0.3, 0.4) is 0 Å². The summed E-state index contributed by atoms with van der Waals surface area (Å²) < 4.78 is 10.8. The highest BCUT2D eigenvalue weighted by Gasteiger charge is 2.13. The molecule has 1 aliphatic rings. The van der Waals surface area contributed by atoms with Crippen molar-refractivity contribution in [1.29, 1.82) is 0 Å². The van der Waals surface area contributed by atoms with Crippen LogP contribution < -0.4 is 20.1 Å².